The summed E-state index contributed by atoms with van der Waals surface area (Å²) in [6.07, 6.45) is 1.01. The number of hydrogen-bond donors (Lipinski definition) is 2. The number of aliphatic imine (C=N–C) groups is 1. The Balaban J connectivity index is 0.00000320. The highest BCUT2D eigenvalue weighted by molar-refractivity contribution is 14.0. The first-order valence-electron chi connectivity index (χ1n) is 10.6. The fourth-order valence-corrected chi connectivity index (χ4v) is 4.53. The minimum Gasteiger partial charge on any atom is -0.379 e. The van der Waals surface area contributed by atoms with Crippen LogP contribution in [-0.4, -0.2) is 49.7 Å². The summed E-state index contributed by atoms with van der Waals surface area (Å²) in [6, 6.07) is 13.5. The zero-order chi connectivity index (χ0) is 20.5. The predicted octanol–water partition coefficient (Wildman–Crippen LogP) is 4.19. The van der Waals surface area contributed by atoms with Crippen molar-refractivity contribution in [2.75, 3.05) is 32.8 Å². The lowest BCUT2D eigenvalue weighted by atomic mass is 10.1. The van der Waals surface area contributed by atoms with E-state index in [0.717, 1.165) is 51.8 Å². The molecule has 0 amide bonds. The number of nitrogens with zero attached hydrogens (tertiary/aromatic N) is 2. The highest BCUT2D eigenvalue weighted by atomic mass is 127. The topological polar surface area (TPSA) is 48.9 Å². The molecule has 2 aromatic rings. The molecule has 166 valence electrons. The molecule has 0 saturated carbocycles. The molecule has 3 rings (SSSR count). The molecule has 1 atom stereocenters. The van der Waals surface area contributed by atoms with Gasteiger partial charge in [0, 0.05) is 48.4 Å². The maximum absolute atomic E-state index is 5.45. The minimum atomic E-state index is 0. The van der Waals surface area contributed by atoms with E-state index in [4.69, 9.17) is 9.73 Å². The smallest absolute Gasteiger partial charge is 0.191 e. The van der Waals surface area contributed by atoms with Gasteiger partial charge in [0.2, 0.25) is 0 Å². The molecule has 0 spiro atoms. The van der Waals surface area contributed by atoms with Crippen molar-refractivity contribution in [3.63, 3.8) is 0 Å². The van der Waals surface area contributed by atoms with Crippen LogP contribution in [0.15, 0.2) is 41.4 Å². The Morgan fingerprint density at radius 2 is 1.97 bits per heavy atom. The van der Waals surface area contributed by atoms with Crippen LogP contribution in [0.25, 0.3) is 0 Å². The summed E-state index contributed by atoms with van der Waals surface area (Å²) in [5.74, 6) is 0.881. The van der Waals surface area contributed by atoms with Crippen molar-refractivity contribution in [3.8, 4) is 0 Å². The molecule has 7 heteroatoms. The molecular weight excluding hydrogens is 507 g/mol. The predicted molar refractivity (Wildman–Crippen MR) is 138 cm³/mol. The Hall–Kier alpha value is -1.16. The second-order valence-corrected chi connectivity index (χ2v) is 9.04. The number of benzene rings is 1. The number of hydrogen-bond acceptors (Lipinski definition) is 4. The largest absolute Gasteiger partial charge is 0.379 e. The molecule has 5 nitrogen and oxygen atoms in total. The van der Waals surface area contributed by atoms with E-state index in [-0.39, 0.29) is 24.0 Å². The Morgan fingerprint density at radius 3 is 2.67 bits per heavy atom. The van der Waals surface area contributed by atoms with Crippen molar-refractivity contribution < 1.29 is 4.74 Å². The van der Waals surface area contributed by atoms with Gasteiger partial charge in [0.1, 0.15) is 0 Å². The summed E-state index contributed by atoms with van der Waals surface area (Å²) >= 11 is 1.87. The van der Waals surface area contributed by atoms with Gasteiger partial charge in [-0.25, -0.2) is 4.99 Å². The van der Waals surface area contributed by atoms with E-state index >= 15 is 0 Å². The lowest BCUT2D eigenvalue weighted by Crippen LogP contribution is -2.43. The molecule has 30 heavy (non-hydrogen) atoms. The molecule has 1 aliphatic rings. The van der Waals surface area contributed by atoms with Crippen LogP contribution < -0.4 is 10.6 Å². The van der Waals surface area contributed by atoms with Gasteiger partial charge in [-0.15, -0.1) is 35.3 Å². The Labute approximate surface area is 202 Å². The third kappa shape index (κ3) is 8.53. The Morgan fingerprint density at radius 1 is 1.20 bits per heavy atom. The maximum Gasteiger partial charge on any atom is 0.191 e. The summed E-state index contributed by atoms with van der Waals surface area (Å²) in [6.45, 7) is 12.7. The Kier molecular flexibility index (Phi) is 11.1. The van der Waals surface area contributed by atoms with Crippen LogP contribution in [0.4, 0.5) is 0 Å². The number of thiophene rings is 1. The molecule has 2 heterocycles. The number of ether oxygens (including phenoxy) is 1. The normalized spacial score (nSPS) is 16.0. The maximum atomic E-state index is 5.45. The van der Waals surface area contributed by atoms with Crippen LogP contribution in [0.2, 0.25) is 0 Å². The van der Waals surface area contributed by atoms with Gasteiger partial charge in [-0.05, 0) is 44.0 Å². The van der Waals surface area contributed by atoms with E-state index in [1.165, 1.54) is 20.9 Å². The number of rotatable bonds is 8. The second kappa shape index (κ2) is 13.3. The number of morpholine rings is 1. The summed E-state index contributed by atoms with van der Waals surface area (Å²) < 4.78 is 5.45. The first-order chi connectivity index (χ1) is 14.1. The summed E-state index contributed by atoms with van der Waals surface area (Å²) in [5.41, 5.74) is 2.59. The van der Waals surface area contributed by atoms with Crippen molar-refractivity contribution >= 4 is 41.3 Å². The molecule has 1 unspecified atom stereocenters. The van der Waals surface area contributed by atoms with E-state index in [1.807, 2.05) is 11.3 Å². The third-order valence-corrected chi connectivity index (χ3v) is 5.97. The lowest BCUT2D eigenvalue weighted by Gasteiger charge is -2.26. The SMILES string of the molecule is CCNC(=NCc1cccc(CN2CCOCC2)c1)NC(C)Cc1ccc(C)s1.I. The van der Waals surface area contributed by atoms with Gasteiger partial charge in [-0.2, -0.15) is 0 Å². The number of aryl methyl sites for hydroxylation is 1. The van der Waals surface area contributed by atoms with Gasteiger partial charge in [0.15, 0.2) is 5.96 Å². The van der Waals surface area contributed by atoms with Gasteiger partial charge < -0.3 is 15.4 Å². The molecule has 1 saturated heterocycles. The van der Waals surface area contributed by atoms with E-state index in [1.54, 1.807) is 0 Å². The fourth-order valence-electron chi connectivity index (χ4n) is 3.52. The first-order valence-corrected chi connectivity index (χ1v) is 11.4. The summed E-state index contributed by atoms with van der Waals surface area (Å²) in [4.78, 5) is 10.0. The minimum absolute atomic E-state index is 0. The van der Waals surface area contributed by atoms with Crippen molar-refractivity contribution in [3.05, 3.63) is 57.3 Å². The third-order valence-electron chi connectivity index (χ3n) is 4.95. The Bertz CT molecular complexity index is 789. The lowest BCUT2D eigenvalue weighted by molar-refractivity contribution is 0.0342. The van der Waals surface area contributed by atoms with Crippen molar-refractivity contribution in [1.29, 1.82) is 0 Å². The van der Waals surface area contributed by atoms with Gasteiger partial charge in [0.05, 0.1) is 19.8 Å². The van der Waals surface area contributed by atoms with E-state index in [2.05, 4.69) is 72.7 Å². The van der Waals surface area contributed by atoms with E-state index < -0.39 is 0 Å². The van der Waals surface area contributed by atoms with Gasteiger partial charge in [0.25, 0.3) is 0 Å². The zero-order valence-electron chi connectivity index (χ0n) is 18.3. The summed E-state index contributed by atoms with van der Waals surface area (Å²) in [5, 5.41) is 6.92. The average Bonchev–Trinajstić information content (AvgIpc) is 3.12. The molecule has 1 fully saturated rings. The van der Waals surface area contributed by atoms with Crippen molar-refractivity contribution in [2.24, 2.45) is 4.99 Å². The highest BCUT2D eigenvalue weighted by Gasteiger charge is 2.11. The van der Waals surface area contributed by atoms with Crippen LogP contribution >= 0.6 is 35.3 Å². The molecular formula is C23H35IN4OS. The average molecular weight is 543 g/mol. The van der Waals surface area contributed by atoms with Crippen LogP contribution in [0.1, 0.15) is 34.7 Å². The van der Waals surface area contributed by atoms with Crippen molar-refractivity contribution in [1.82, 2.24) is 15.5 Å². The van der Waals surface area contributed by atoms with E-state index in [9.17, 15) is 0 Å². The molecule has 1 aromatic carbocycles. The van der Waals surface area contributed by atoms with Gasteiger partial charge >= 0.3 is 0 Å². The van der Waals surface area contributed by atoms with Gasteiger partial charge in [-0.3, -0.25) is 4.90 Å². The van der Waals surface area contributed by atoms with Crippen LogP contribution in [0, 0.1) is 6.92 Å². The van der Waals surface area contributed by atoms with Crippen LogP contribution in [-0.2, 0) is 24.2 Å². The second-order valence-electron chi connectivity index (χ2n) is 7.67. The van der Waals surface area contributed by atoms with E-state index in [0.29, 0.717) is 12.6 Å². The number of guanidine groups is 1. The number of halogens is 1. The standard InChI is InChI=1S/C23H34N4OS.HI/c1-4-24-23(26-18(2)14-22-9-8-19(3)29-22)25-16-20-6-5-7-21(15-20)17-27-10-12-28-13-11-27;/h5-9,15,18H,4,10-14,16-17H2,1-3H3,(H2,24,25,26);1H. The quantitative estimate of drug-likeness (QED) is 0.299. The van der Waals surface area contributed by atoms with Crippen LogP contribution in [0.3, 0.4) is 0 Å². The van der Waals surface area contributed by atoms with Gasteiger partial charge in [-0.1, -0.05) is 24.3 Å². The summed E-state index contributed by atoms with van der Waals surface area (Å²) in [7, 11) is 0. The molecule has 0 aliphatic carbocycles. The molecule has 1 aliphatic heterocycles. The monoisotopic (exact) mass is 542 g/mol. The highest BCUT2D eigenvalue weighted by Crippen LogP contribution is 2.16. The zero-order valence-corrected chi connectivity index (χ0v) is 21.5. The molecule has 0 bridgehead atoms. The number of nitrogens with one attached hydrogen (secondary N) is 2. The molecule has 0 radical (unpaired) electrons. The van der Waals surface area contributed by atoms with Crippen molar-refractivity contribution in [2.45, 2.75) is 46.3 Å². The van der Waals surface area contributed by atoms with Crippen LogP contribution in [0.5, 0.6) is 0 Å². The molecule has 2 N–H and O–H groups in total. The fraction of sp³-hybridized carbons (Fsp3) is 0.522. The first kappa shape index (κ1) is 25.1. The molecule has 1 aromatic heterocycles.